The van der Waals surface area contributed by atoms with Gasteiger partial charge in [0.05, 0.1) is 0 Å². The van der Waals surface area contributed by atoms with E-state index >= 15 is 0 Å². The third-order valence-corrected chi connectivity index (χ3v) is 2.12. The van der Waals surface area contributed by atoms with E-state index in [9.17, 15) is 0 Å². The molecule has 1 saturated heterocycles. The molecule has 0 unspecified atom stereocenters. The zero-order valence-corrected chi connectivity index (χ0v) is 6.83. The van der Waals surface area contributed by atoms with Gasteiger partial charge < -0.3 is 11.1 Å². The molecule has 4 nitrogen and oxygen atoms in total. The summed E-state index contributed by atoms with van der Waals surface area (Å²) in [6.07, 6.45) is 2.83. The molecule has 2 rings (SSSR count). The normalized spacial score (nSPS) is 22.8. The van der Waals surface area contributed by atoms with Crippen LogP contribution in [0, 0.1) is 0 Å². The third-order valence-electron chi connectivity index (χ3n) is 2.12. The highest BCUT2D eigenvalue weighted by Gasteiger charge is 2.18. The van der Waals surface area contributed by atoms with E-state index in [1.54, 1.807) is 12.3 Å². The predicted octanol–water partition coefficient (Wildman–Crippen LogP) is 0.136. The van der Waals surface area contributed by atoms with Gasteiger partial charge in [0.2, 0.25) is 0 Å². The molecule has 0 amide bonds. The van der Waals surface area contributed by atoms with Gasteiger partial charge >= 0.3 is 0 Å². The number of hydrogen-bond acceptors (Lipinski definition) is 4. The van der Waals surface area contributed by atoms with Gasteiger partial charge in [-0.3, -0.25) is 0 Å². The zero-order chi connectivity index (χ0) is 8.39. The summed E-state index contributed by atoms with van der Waals surface area (Å²) >= 11 is 0. The van der Waals surface area contributed by atoms with Crippen molar-refractivity contribution in [3.8, 4) is 0 Å². The lowest BCUT2D eigenvalue weighted by atomic mass is 10.1. The second-order valence-electron chi connectivity index (χ2n) is 3.03. The number of rotatable bonds is 1. The smallest absolute Gasteiger partial charge is 0.135 e. The van der Waals surface area contributed by atoms with Crippen molar-refractivity contribution >= 4 is 5.82 Å². The zero-order valence-electron chi connectivity index (χ0n) is 6.83. The van der Waals surface area contributed by atoms with E-state index < -0.39 is 0 Å². The minimum Gasteiger partial charge on any atom is -0.384 e. The third kappa shape index (κ3) is 1.38. The summed E-state index contributed by atoms with van der Waals surface area (Å²) in [4.78, 5) is 8.37. The second-order valence-corrected chi connectivity index (χ2v) is 3.03. The standard InChI is InChI=1S/C8H12N4/c9-7-2-4-11-8(12-7)6-1-3-10-5-6/h2,4,6,10H,1,3,5H2,(H2,9,11,12)/t6-/m0/s1. The number of nitrogen functional groups attached to an aromatic ring is 1. The maximum absolute atomic E-state index is 5.55. The van der Waals surface area contributed by atoms with E-state index in [2.05, 4.69) is 15.3 Å². The first-order valence-corrected chi connectivity index (χ1v) is 4.15. The second kappa shape index (κ2) is 3.06. The summed E-state index contributed by atoms with van der Waals surface area (Å²) in [5.74, 6) is 1.89. The fraction of sp³-hybridized carbons (Fsp3) is 0.500. The Morgan fingerprint density at radius 2 is 2.50 bits per heavy atom. The summed E-state index contributed by atoms with van der Waals surface area (Å²) < 4.78 is 0. The fourth-order valence-electron chi connectivity index (χ4n) is 1.46. The molecule has 0 bridgehead atoms. The van der Waals surface area contributed by atoms with Gasteiger partial charge in [-0.25, -0.2) is 9.97 Å². The molecule has 64 valence electrons. The quantitative estimate of drug-likeness (QED) is 0.619. The van der Waals surface area contributed by atoms with Gasteiger partial charge in [0.1, 0.15) is 11.6 Å². The van der Waals surface area contributed by atoms with Gasteiger partial charge in [-0.2, -0.15) is 0 Å². The molecule has 12 heavy (non-hydrogen) atoms. The van der Waals surface area contributed by atoms with Crippen LogP contribution in [-0.4, -0.2) is 23.1 Å². The molecule has 0 aliphatic carbocycles. The minimum atomic E-state index is 0.452. The van der Waals surface area contributed by atoms with Gasteiger partial charge in [0.15, 0.2) is 0 Å². The summed E-state index contributed by atoms with van der Waals surface area (Å²) in [5, 5.41) is 3.27. The van der Waals surface area contributed by atoms with Crippen LogP contribution in [0.2, 0.25) is 0 Å². The number of aromatic nitrogens is 2. The molecule has 1 fully saturated rings. The number of hydrogen-bond donors (Lipinski definition) is 2. The molecular weight excluding hydrogens is 152 g/mol. The van der Waals surface area contributed by atoms with Crippen LogP contribution in [0.3, 0.4) is 0 Å². The van der Waals surface area contributed by atoms with Crippen LogP contribution in [-0.2, 0) is 0 Å². The summed E-state index contributed by atoms with van der Waals surface area (Å²) in [7, 11) is 0. The van der Waals surface area contributed by atoms with Crippen molar-refractivity contribution in [2.45, 2.75) is 12.3 Å². The first kappa shape index (κ1) is 7.49. The lowest BCUT2D eigenvalue weighted by molar-refractivity contribution is 0.703. The molecule has 3 N–H and O–H groups in total. The van der Waals surface area contributed by atoms with Gasteiger partial charge in [0, 0.05) is 18.7 Å². The van der Waals surface area contributed by atoms with E-state index in [0.29, 0.717) is 11.7 Å². The molecule has 1 atom stereocenters. The Labute approximate surface area is 71.2 Å². The topological polar surface area (TPSA) is 63.8 Å². The minimum absolute atomic E-state index is 0.452. The monoisotopic (exact) mass is 164 g/mol. The van der Waals surface area contributed by atoms with Gasteiger partial charge in [-0.1, -0.05) is 0 Å². The van der Waals surface area contributed by atoms with E-state index in [1.165, 1.54) is 0 Å². The lowest BCUT2D eigenvalue weighted by Gasteiger charge is -2.05. The Balaban J connectivity index is 2.21. The van der Waals surface area contributed by atoms with Crippen LogP contribution in [0.25, 0.3) is 0 Å². The van der Waals surface area contributed by atoms with Crippen LogP contribution in [0.5, 0.6) is 0 Å². The number of anilines is 1. The molecule has 0 radical (unpaired) electrons. The van der Waals surface area contributed by atoms with Crippen LogP contribution >= 0.6 is 0 Å². The SMILES string of the molecule is Nc1ccnc([C@H]2CCNC2)n1. The van der Waals surface area contributed by atoms with Crippen LogP contribution in [0.4, 0.5) is 5.82 Å². The molecule has 1 aromatic rings. The molecule has 0 spiro atoms. The van der Waals surface area contributed by atoms with Gasteiger partial charge in [0.25, 0.3) is 0 Å². The number of nitrogens with zero attached hydrogens (tertiary/aromatic N) is 2. The highest BCUT2D eigenvalue weighted by molar-refractivity contribution is 5.26. The molecule has 0 aromatic carbocycles. The Hall–Kier alpha value is -1.16. The first-order valence-electron chi connectivity index (χ1n) is 4.15. The van der Waals surface area contributed by atoms with E-state index in [0.717, 1.165) is 25.3 Å². The number of nitrogens with one attached hydrogen (secondary N) is 1. The highest BCUT2D eigenvalue weighted by Crippen LogP contribution is 2.18. The van der Waals surface area contributed by atoms with Gasteiger partial charge in [-0.15, -0.1) is 0 Å². The largest absolute Gasteiger partial charge is 0.384 e. The van der Waals surface area contributed by atoms with Crippen LogP contribution in [0.15, 0.2) is 12.3 Å². The predicted molar refractivity (Wildman–Crippen MR) is 46.7 cm³/mol. The Morgan fingerprint density at radius 3 is 3.17 bits per heavy atom. The van der Waals surface area contributed by atoms with Crippen molar-refractivity contribution in [2.75, 3.05) is 18.8 Å². The van der Waals surface area contributed by atoms with Crippen molar-refractivity contribution in [1.82, 2.24) is 15.3 Å². The average molecular weight is 164 g/mol. The van der Waals surface area contributed by atoms with Gasteiger partial charge in [-0.05, 0) is 19.0 Å². The Kier molecular flexibility index (Phi) is 1.91. The Bertz CT molecular complexity index is 268. The van der Waals surface area contributed by atoms with Crippen molar-refractivity contribution in [2.24, 2.45) is 0 Å². The molecule has 2 heterocycles. The average Bonchev–Trinajstić information content (AvgIpc) is 2.56. The van der Waals surface area contributed by atoms with Crippen LogP contribution in [0.1, 0.15) is 18.2 Å². The molecule has 4 heteroatoms. The van der Waals surface area contributed by atoms with Crippen molar-refractivity contribution in [3.05, 3.63) is 18.1 Å². The molecule has 1 aromatic heterocycles. The fourth-order valence-corrected chi connectivity index (χ4v) is 1.46. The number of nitrogens with two attached hydrogens (primary N) is 1. The van der Waals surface area contributed by atoms with Crippen molar-refractivity contribution in [1.29, 1.82) is 0 Å². The molecule has 0 saturated carbocycles. The van der Waals surface area contributed by atoms with Crippen molar-refractivity contribution < 1.29 is 0 Å². The maximum Gasteiger partial charge on any atom is 0.135 e. The van der Waals surface area contributed by atoms with Crippen LogP contribution < -0.4 is 11.1 Å². The maximum atomic E-state index is 5.55. The summed E-state index contributed by atoms with van der Waals surface area (Å²) in [5.41, 5.74) is 5.55. The lowest BCUT2D eigenvalue weighted by Crippen LogP contribution is -2.10. The Morgan fingerprint density at radius 1 is 1.58 bits per heavy atom. The van der Waals surface area contributed by atoms with E-state index in [1.807, 2.05) is 0 Å². The molecule has 1 aliphatic heterocycles. The molecular formula is C8H12N4. The van der Waals surface area contributed by atoms with E-state index in [-0.39, 0.29) is 0 Å². The van der Waals surface area contributed by atoms with E-state index in [4.69, 9.17) is 5.73 Å². The summed E-state index contributed by atoms with van der Waals surface area (Å²) in [6.45, 7) is 2.03. The summed E-state index contributed by atoms with van der Waals surface area (Å²) in [6, 6.07) is 1.71. The van der Waals surface area contributed by atoms with Crippen molar-refractivity contribution in [3.63, 3.8) is 0 Å². The first-order chi connectivity index (χ1) is 5.86. The molecule has 1 aliphatic rings. The highest BCUT2D eigenvalue weighted by atomic mass is 15.0.